The Labute approximate surface area is 114 Å². The predicted octanol–water partition coefficient (Wildman–Crippen LogP) is 2.18. The maximum atomic E-state index is 13.7. The van der Waals surface area contributed by atoms with Gasteiger partial charge in [-0.15, -0.1) is 0 Å². The number of carbonyl (C=O) groups is 2. The Morgan fingerprint density at radius 1 is 1.30 bits per heavy atom. The minimum Gasteiger partial charge on any atom is -0.477 e. The first-order valence-electron chi connectivity index (χ1n) is 6.10. The lowest BCUT2D eigenvalue weighted by atomic mass is 10.0. The van der Waals surface area contributed by atoms with E-state index < -0.39 is 34.5 Å². The van der Waals surface area contributed by atoms with Crippen molar-refractivity contribution in [2.24, 2.45) is 0 Å². The molecule has 2 rings (SSSR count). The number of hydrogen-bond acceptors (Lipinski definition) is 3. The molecule has 1 aliphatic carbocycles. The second kappa shape index (κ2) is 5.40. The predicted molar refractivity (Wildman–Crippen MR) is 67.3 cm³/mol. The molecule has 2 N–H and O–H groups in total. The molecule has 1 aliphatic rings. The first-order valence-corrected chi connectivity index (χ1v) is 6.10. The van der Waals surface area contributed by atoms with Crippen LogP contribution in [0.1, 0.15) is 28.8 Å². The van der Waals surface area contributed by atoms with Crippen molar-refractivity contribution < 1.29 is 23.5 Å². The van der Waals surface area contributed by atoms with Crippen LogP contribution in [-0.4, -0.2) is 22.9 Å². The van der Waals surface area contributed by atoms with Gasteiger partial charge in [-0.3, -0.25) is 4.79 Å². The highest BCUT2D eigenvalue weighted by atomic mass is 19.1. The molecule has 0 aromatic heterocycles. The van der Waals surface area contributed by atoms with Crippen LogP contribution in [0, 0.1) is 18.6 Å². The van der Waals surface area contributed by atoms with E-state index in [1.54, 1.807) is 0 Å². The van der Waals surface area contributed by atoms with Crippen LogP contribution < -0.4 is 5.32 Å². The number of carbonyl (C=O) groups excluding carboxylic acids is 1. The Hall–Kier alpha value is -2.24. The Kier molecular flexibility index (Phi) is 3.83. The van der Waals surface area contributed by atoms with Gasteiger partial charge in [0, 0.05) is 12.2 Å². The van der Waals surface area contributed by atoms with Gasteiger partial charge in [0.2, 0.25) is 5.78 Å². The minimum absolute atomic E-state index is 0.0519. The first-order chi connectivity index (χ1) is 9.40. The summed E-state index contributed by atoms with van der Waals surface area (Å²) in [5.74, 6) is -4.23. The number of benzene rings is 1. The summed E-state index contributed by atoms with van der Waals surface area (Å²) in [6.07, 6.45) is 2.84. The summed E-state index contributed by atoms with van der Waals surface area (Å²) in [5, 5.41) is 11.8. The molecule has 0 bridgehead atoms. The van der Waals surface area contributed by atoms with Crippen LogP contribution in [0.2, 0.25) is 0 Å². The number of halogens is 2. The van der Waals surface area contributed by atoms with Crippen LogP contribution in [0.5, 0.6) is 0 Å². The Bertz CT molecular complexity index is 607. The molecular formula is C14H13F2NO3. The van der Waals surface area contributed by atoms with Gasteiger partial charge in [-0.2, -0.15) is 0 Å². The summed E-state index contributed by atoms with van der Waals surface area (Å²) in [4.78, 5) is 23.1. The average molecular weight is 281 g/mol. The third-order valence-electron chi connectivity index (χ3n) is 3.01. The first kappa shape index (κ1) is 14.2. The van der Waals surface area contributed by atoms with E-state index in [0.717, 1.165) is 31.2 Å². The fourth-order valence-corrected chi connectivity index (χ4v) is 1.64. The van der Waals surface area contributed by atoms with Crippen LogP contribution in [0.4, 0.5) is 8.78 Å². The maximum absolute atomic E-state index is 13.7. The number of Topliss-reactive ketones (excluding diaryl/α,β-unsaturated/α-hetero) is 1. The molecule has 0 heterocycles. The van der Waals surface area contributed by atoms with Gasteiger partial charge in [0.1, 0.15) is 17.2 Å². The molecule has 0 aliphatic heterocycles. The molecule has 1 aromatic carbocycles. The monoisotopic (exact) mass is 281 g/mol. The third kappa shape index (κ3) is 3.01. The van der Waals surface area contributed by atoms with E-state index in [0.29, 0.717) is 0 Å². The minimum atomic E-state index is -1.48. The van der Waals surface area contributed by atoms with Gasteiger partial charge in [0.25, 0.3) is 0 Å². The number of ketones is 1. The molecule has 0 saturated heterocycles. The number of aliphatic carboxylic acids is 1. The fraction of sp³-hybridized carbons (Fsp3) is 0.286. The van der Waals surface area contributed by atoms with Gasteiger partial charge in [-0.1, -0.05) is 0 Å². The van der Waals surface area contributed by atoms with Crippen molar-refractivity contribution in [2.75, 3.05) is 0 Å². The zero-order chi connectivity index (χ0) is 14.9. The van der Waals surface area contributed by atoms with Crippen LogP contribution in [0.25, 0.3) is 0 Å². The molecule has 0 atom stereocenters. The molecule has 20 heavy (non-hydrogen) atoms. The number of nitrogens with one attached hydrogen (secondary N) is 1. The number of aryl methyl sites for hydroxylation is 1. The van der Waals surface area contributed by atoms with E-state index in [9.17, 15) is 18.4 Å². The van der Waals surface area contributed by atoms with E-state index >= 15 is 0 Å². The second-order valence-electron chi connectivity index (χ2n) is 4.71. The highest BCUT2D eigenvalue weighted by molar-refractivity contribution is 6.23. The molecule has 4 nitrogen and oxygen atoms in total. The van der Waals surface area contributed by atoms with Crippen molar-refractivity contribution in [3.63, 3.8) is 0 Å². The highest BCUT2D eigenvalue weighted by Crippen LogP contribution is 2.20. The molecule has 106 valence electrons. The standard InChI is InChI=1S/C14H13F2NO3/c1-7-4-12(16)9(5-11(7)15)13(18)10(14(19)20)6-17-8-2-3-8/h4-6,8,17H,2-3H2,1H3,(H,19,20)/b10-6-. The van der Waals surface area contributed by atoms with Crippen LogP contribution in [0.3, 0.4) is 0 Å². The van der Waals surface area contributed by atoms with E-state index in [1.165, 1.54) is 6.92 Å². The lowest BCUT2D eigenvalue weighted by Gasteiger charge is -2.06. The van der Waals surface area contributed by atoms with Gasteiger partial charge < -0.3 is 10.4 Å². The molecular weight excluding hydrogens is 268 g/mol. The normalized spacial score (nSPS) is 15.1. The van der Waals surface area contributed by atoms with Crippen LogP contribution in [0.15, 0.2) is 23.9 Å². The lowest BCUT2D eigenvalue weighted by Crippen LogP contribution is -2.19. The van der Waals surface area contributed by atoms with Crippen molar-refractivity contribution in [2.45, 2.75) is 25.8 Å². The smallest absolute Gasteiger partial charge is 0.341 e. The number of rotatable bonds is 5. The summed E-state index contributed by atoms with van der Waals surface area (Å²) in [5.41, 5.74) is -1.14. The highest BCUT2D eigenvalue weighted by Gasteiger charge is 2.25. The summed E-state index contributed by atoms with van der Waals surface area (Å²) >= 11 is 0. The molecule has 1 aromatic rings. The van der Waals surface area contributed by atoms with Crippen molar-refractivity contribution in [3.8, 4) is 0 Å². The summed E-state index contributed by atoms with van der Waals surface area (Å²) < 4.78 is 27.1. The van der Waals surface area contributed by atoms with E-state index in [1.807, 2.05) is 0 Å². The maximum Gasteiger partial charge on any atom is 0.341 e. The quantitative estimate of drug-likeness (QED) is 0.376. The van der Waals surface area contributed by atoms with E-state index in [2.05, 4.69) is 5.32 Å². The average Bonchev–Trinajstić information content (AvgIpc) is 3.17. The number of hydrogen-bond donors (Lipinski definition) is 2. The Morgan fingerprint density at radius 3 is 2.50 bits per heavy atom. The Balaban J connectivity index is 2.34. The van der Waals surface area contributed by atoms with E-state index in [4.69, 9.17) is 5.11 Å². The molecule has 0 radical (unpaired) electrons. The number of carboxylic acid groups (broad SMARTS) is 1. The molecule has 6 heteroatoms. The molecule has 1 saturated carbocycles. The van der Waals surface area contributed by atoms with Crippen molar-refractivity contribution in [1.82, 2.24) is 5.32 Å². The van der Waals surface area contributed by atoms with Crippen molar-refractivity contribution >= 4 is 11.8 Å². The van der Waals surface area contributed by atoms with Crippen LogP contribution in [-0.2, 0) is 4.79 Å². The molecule has 0 amide bonds. The molecule has 0 spiro atoms. The summed E-state index contributed by atoms with van der Waals surface area (Å²) in [6, 6.07) is 1.74. The van der Waals surface area contributed by atoms with Crippen LogP contribution >= 0.6 is 0 Å². The Morgan fingerprint density at radius 2 is 1.95 bits per heavy atom. The molecule has 1 fully saturated rings. The topological polar surface area (TPSA) is 66.4 Å². The van der Waals surface area contributed by atoms with Gasteiger partial charge in [-0.05, 0) is 37.5 Å². The van der Waals surface area contributed by atoms with Gasteiger partial charge in [-0.25, -0.2) is 13.6 Å². The number of carboxylic acids is 1. The molecule has 0 unspecified atom stereocenters. The summed E-state index contributed by atoms with van der Waals surface area (Å²) in [7, 11) is 0. The zero-order valence-electron chi connectivity index (χ0n) is 10.7. The van der Waals surface area contributed by atoms with Crippen molar-refractivity contribution in [1.29, 1.82) is 0 Å². The third-order valence-corrected chi connectivity index (χ3v) is 3.01. The van der Waals surface area contributed by atoms with Crippen molar-refractivity contribution in [3.05, 3.63) is 46.7 Å². The second-order valence-corrected chi connectivity index (χ2v) is 4.71. The summed E-state index contributed by atoms with van der Waals surface area (Å²) in [6.45, 7) is 1.36. The van der Waals surface area contributed by atoms with E-state index in [-0.39, 0.29) is 11.6 Å². The van der Waals surface area contributed by atoms with Gasteiger partial charge in [0.05, 0.1) is 5.56 Å². The fourth-order valence-electron chi connectivity index (χ4n) is 1.64. The largest absolute Gasteiger partial charge is 0.477 e. The van der Waals surface area contributed by atoms with Gasteiger partial charge in [0.15, 0.2) is 0 Å². The SMILES string of the molecule is Cc1cc(F)c(C(=O)/C(=C/NC2CC2)C(=O)O)cc1F. The zero-order valence-corrected chi connectivity index (χ0v) is 10.7. The lowest BCUT2D eigenvalue weighted by molar-refractivity contribution is -0.132. The van der Waals surface area contributed by atoms with Gasteiger partial charge >= 0.3 is 5.97 Å².